The molecule has 0 aliphatic carbocycles. The molecule has 18 heavy (non-hydrogen) atoms. The fourth-order valence-corrected chi connectivity index (χ4v) is 2.37. The molecule has 2 nitrogen and oxygen atoms in total. The Labute approximate surface area is 112 Å². The van der Waals surface area contributed by atoms with E-state index in [1.165, 1.54) is 17.7 Å². The van der Waals surface area contributed by atoms with E-state index >= 15 is 0 Å². The van der Waals surface area contributed by atoms with Gasteiger partial charge in [0, 0.05) is 25.8 Å². The Balaban J connectivity index is 2.70. The Kier molecular flexibility index (Phi) is 5.67. The van der Waals surface area contributed by atoms with Crippen LogP contribution in [0.2, 0.25) is 0 Å². The number of nitrogens with one attached hydrogen (secondary N) is 1. The van der Waals surface area contributed by atoms with E-state index in [1.807, 2.05) is 7.05 Å². The third kappa shape index (κ3) is 4.02. The molecule has 2 heteroatoms. The van der Waals surface area contributed by atoms with Crippen molar-refractivity contribution in [2.45, 2.75) is 33.6 Å². The molecule has 0 aliphatic rings. The molecule has 0 amide bonds. The van der Waals surface area contributed by atoms with Gasteiger partial charge in [0.1, 0.15) is 0 Å². The average molecular weight is 248 g/mol. The van der Waals surface area contributed by atoms with E-state index in [1.54, 1.807) is 0 Å². The van der Waals surface area contributed by atoms with Crippen molar-refractivity contribution in [2.75, 3.05) is 32.1 Å². The number of anilines is 1. The lowest BCUT2D eigenvalue weighted by molar-refractivity contribution is 0.308. The summed E-state index contributed by atoms with van der Waals surface area (Å²) in [6.07, 6.45) is 2.29. The summed E-state index contributed by atoms with van der Waals surface area (Å²) < 4.78 is 0. The Hall–Kier alpha value is -1.02. The van der Waals surface area contributed by atoms with Crippen molar-refractivity contribution in [3.8, 4) is 0 Å². The smallest absolute Gasteiger partial charge is 0.0363 e. The quantitative estimate of drug-likeness (QED) is 0.796. The van der Waals surface area contributed by atoms with E-state index in [0.29, 0.717) is 5.41 Å². The molecule has 0 radical (unpaired) electrons. The maximum absolute atomic E-state index is 3.31. The van der Waals surface area contributed by atoms with Crippen LogP contribution in [-0.4, -0.2) is 27.2 Å². The second kappa shape index (κ2) is 6.79. The summed E-state index contributed by atoms with van der Waals surface area (Å²) in [6, 6.07) is 8.92. The van der Waals surface area contributed by atoms with E-state index < -0.39 is 0 Å². The summed E-state index contributed by atoms with van der Waals surface area (Å²) in [4.78, 5) is 2.36. The van der Waals surface area contributed by atoms with Crippen LogP contribution in [-0.2, 0) is 6.42 Å². The summed E-state index contributed by atoms with van der Waals surface area (Å²) in [7, 11) is 4.22. The van der Waals surface area contributed by atoms with Crippen LogP contribution in [0.1, 0.15) is 32.8 Å². The highest BCUT2D eigenvalue weighted by Crippen LogP contribution is 2.24. The van der Waals surface area contributed by atoms with Gasteiger partial charge >= 0.3 is 0 Å². The van der Waals surface area contributed by atoms with Crippen molar-refractivity contribution in [3.63, 3.8) is 0 Å². The lowest BCUT2D eigenvalue weighted by Crippen LogP contribution is -2.39. The molecular formula is C16H28N2. The van der Waals surface area contributed by atoms with E-state index in [4.69, 9.17) is 0 Å². The number of hydrogen-bond acceptors (Lipinski definition) is 2. The largest absolute Gasteiger partial charge is 0.374 e. The van der Waals surface area contributed by atoms with Crippen molar-refractivity contribution in [1.29, 1.82) is 0 Å². The van der Waals surface area contributed by atoms with Crippen LogP contribution in [0.15, 0.2) is 24.3 Å². The molecular weight excluding hydrogens is 220 g/mol. The first-order valence-electron chi connectivity index (χ1n) is 6.99. The molecule has 0 bridgehead atoms. The molecule has 0 saturated heterocycles. The first-order chi connectivity index (χ1) is 8.54. The summed E-state index contributed by atoms with van der Waals surface area (Å²) in [5.74, 6) is 0. The standard InChI is InChI=1S/C16H28N2/c1-6-14-8-10-15(11-9-14)18(5)13-16(3,7-2)12-17-4/h8-11,17H,6-7,12-13H2,1-5H3. The summed E-state index contributed by atoms with van der Waals surface area (Å²) in [5, 5.41) is 3.31. The predicted molar refractivity (Wildman–Crippen MR) is 81.4 cm³/mol. The maximum Gasteiger partial charge on any atom is 0.0363 e. The topological polar surface area (TPSA) is 15.3 Å². The highest BCUT2D eigenvalue weighted by atomic mass is 15.1. The van der Waals surface area contributed by atoms with Crippen molar-refractivity contribution in [1.82, 2.24) is 5.32 Å². The molecule has 1 N–H and O–H groups in total. The van der Waals surface area contributed by atoms with Crippen LogP contribution in [0.4, 0.5) is 5.69 Å². The summed E-state index contributed by atoms with van der Waals surface area (Å²) in [6.45, 7) is 8.95. The molecule has 1 unspecified atom stereocenters. The molecule has 1 rings (SSSR count). The molecule has 1 aromatic carbocycles. The van der Waals surface area contributed by atoms with Crippen molar-refractivity contribution in [3.05, 3.63) is 29.8 Å². The average Bonchev–Trinajstić information content (AvgIpc) is 2.39. The monoisotopic (exact) mass is 248 g/mol. The van der Waals surface area contributed by atoms with Gasteiger partial charge in [-0.2, -0.15) is 0 Å². The minimum absolute atomic E-state index is 0.326. The van der Waals surface area contributed by atoms with Crippen LogP contribution in [0.3, 0.4) is 0 Å². The Morgan fingerprint density at radius 1 is 1.17 bits per heavy atom. The van der Waals surface area contributed by atoms with Gasteiger partial charge in [-0.25, -0.2) is 0 Å². The van der Waals surface area contributed by atoms with Crippen molar-refractivity contribution in [2.24, 2.45) is 5.41 Å². The fourth-order valence-electron chi connectivity index (χ4n) is 2.37. The zero-order valence-corrected chi connectivity index (χ0v) is 12.6. The van der Waals surface area contributed by atoms with Gasteiger partial charge in [0.2, 0.25) is 0 Å². The Morgan fingerprint density at radius 3 is 2.22 bits per heavy atom. The lowest BCUT2D eigenvalue weighted by Gasteiger charge is -2.34. The third-order valence-electron chi connectivity index (χ3n) is 3.86. The lowest BCUT2D eigenvalue weighted by atomic mass is 9.87. The fraction of sp³-hybridized carbons (Fsp3) is 0.625. The highest BCUT2D eigenvalue weighted by Gasteiger charge is 2.23. The predicted octanol–water partition coefficient (Wildman–Crippen LogP) is 3.32. The van der Waals surface area contributed by atoms with E-state index in [2.05, 4.69) is 62.3 Å². The Morgan fingerprint density at radius 2 is 1.78 bits per heavy atom. The molecule has 0 aliphatic heterocycles. The number of hydrogen-bond donors (Lipinski definition) is 1. The zero-order valence-electron chi connectivity index (χ0n) is 12.6. The summed E-state index contributed by atoms with van der Waals surface area (Å²) in [5.41, 5.74) is 3.04. The van der Waals surface area contributed by atoms with Crippen LogP contribution < -0.4 is 10.2 Å². The van der Waals surface area contributed by atoms with Gasteiger partial charge in [0.05, 0.1) is 0 Å². The second-order valence-electron chi connectivity index (χ2n) is 5.57. The molecule has 0 saturated carbocycles. The number of benzene rings is 1. The minimum Gasteiger partial charge on any atom is -0.374 e. The van der Waals surface area contributed by atoms with Crippen LogP contribution >= 0.6 is 0 Å². The van der Waals surface area contributed by atoms with Crippen LogP contribution in [0.5, 0.6) is 0 Å². The van der Waals surface area contributed by atoms with Gasteiger partial charge in [-0.3, -0.25) is 0 Å². The molecule has 102 valence electrons. The van der Waals surface area contributed by atoms with Gasteiger partial charge in [0.15, 0.2) is 0 Å². The SMILES string of the molecule is CCc1ccc(N(C)CC(C)(CC)CNC)cc1. The zero-order chi connectivity index (χ0) is 13.6. The first kappa shape index (κ1) is 15.0. The number of rotatable bonds is 7. The van der Waals surface area contributed by atoms with Crippen LogP contribution in [0.25, 0.3) is 0 Å². The molecule has 0 fully saturated rings. The Bertz CT molecular complexity index is 345. The van der Waals surface area contributed by atoms with Crippen LogP contribution in [0, 0.1) is 5.41 Å². The van der Waals surface area contributed by atoms with E-state index in [-0.39, 0.29) is 0 Å². The normalized spacial score (nSPS) is 14.3. The highest BCUT2D eigenvalue weighted by molar-refractivity contribution is 5.47. The maximum atomic E-state index is 3.31. The van der Waals surface area contributed by atoms with E-state index in [9.17, 15) is 0 Å². The number of aryl methyl sites for hydroxylation is 1. The van der Waals surface area contributed by atoms with Gasteiger partial charge in [-0.05, 0) is 43.0 Å². The summed E-state index contributed by atoms with van der Waals surface area (Å²) >= 11 is 0. The van der Waals surface area contributed by atoms with Gasteiger partial charge in [-0.15, -0.1) is 0 Å². The van der Waals surface area contributed by atoms with E-state index in [0.717, 1.165) is 19.5 Å². The second-order valence-corrected chi connectivity index (χ2v) is 5.57. The number of nitrogens with zero attached hydrogens (tertiary/aromatic N) is 1. The first-order valence-corrected chi connectivity index (χ1v) is 6.99. The van der Waals surface area contributed by atoms with Crippen molar-refractivity contribution < 1.29 is 0 Å². The minimum atomic E-state index is 0.326. The third-order valence-corrected chi connectivity index (χ3v) is 3.86. The van der Waals surface area contributed by atoms with Gasteiger partial charge in [0.25, 0.3) is 0 Å². The molecule has 1 atom stereocenters. The molecule has 0 heterocycles. The molecule has 0 aromatic heterocycles. The van der Waals surface area contributed by atoms with Gasteiger partial charge in [-0.1, -0.05) is 32.9 Å². The van der Waals surface area contributed by atoms with Gasteiger partial charge < -0.3 is 10.2 Å². The molecule has 1 aromatic rings. The molecule has 0 spiro atoms. The van der Waals surface area contributed by atoms with Crippen molar-refractivity contribution >= 4 is 5.69 Å².